The summed E-state index contributed by atoms with van der Waals surface area (Å²) >= 11 is 0. The molecular formula is C14H17N3O2. The molecule has 0 aliphatic heterocycles. The molecule has 0 saturated carbocycles. The first-order chi connectivity index (χ1) is 9.24. The first-order valence-corrected chi connectivity index (χ1v) is 6.53. The molecule has 1 aromatic carbocycles. The van der Waals surface area contributed by atoms with Crippen molar-refractivity contribution in [1.82, 2.24) is 10.3 Å². The van der Waals surface area contributed by atoms with Gasteiger partial charge in [0.15, 0.2) is 0 Å². The summed E-state index contributed by atoms with van der Waals surface area (Å²) in [6.45, 7) is 2.22. The van der Waals surface area contributed by atoms with Crippen LogP contribution in [0.3, 0.4) is 0 Å². The van der Waals surface area contributed by atoms with E-state index in [1.807, 2.05) is 13.0 Å². The molecule has 1 unspecified atom stereocenters. The average molecular weight is 259 g/mol. The number of nitrogens with two attached hydrogens (primary N) is 1. The molecule has 0 spiro atoms. The average Bonchev–Trinajstić information content (AvgIpc) is 2.82. The number of benzene rings is 1. The molecule has 5 heteroatoms. The van der Waals surface area contributed by atoms with Gasteiger partial charge in [0.25, 0.3) is 0 Å². The van der Waals surface area contributed by atoms with E-state index in [1.165, 1.54) is 11.1 Å². The highest BCUT2D eigenvalue weighted by Gasteiger charge is 2.17. The molecule has 0 fully saturated rings. The Morgan fingerprint density at radius 1 is 1.42 bits per heavy atom. The zero-order valence-electron chi connectivity index (χ0n) is 10.9. The van der Waals surface area contributed by atoms with Crippen LogP contribution in [0, 0.1) is 6.92 Å². The summed E-state index contributed by atoms with van der Waals surface area (Å²) in [5.74, 6) is 0.843. The van der Waals surface area contributed by atoms with Crippen LogP contribution in [0.1, 0.15) is 41.4 Å². The fraction of sp³-hybridized carbons (Fsp3) is 0.429. The van der Waals surface area contributed by atoms with Crippen molar-refractivity contribution >= 4 is 0 Å². The molecule has 1 aromatic heterocycles. The second kappa shape index (κ2) is 5.01. The Morgan fingerprint density at radius 3 is 3.11 bits per heavy atom. The normalized spacial score (nSPS) is 18.1. The largest absolute Gasteiger partial charge is 0.487 e. The van der Waals surface area contributed by atoms with E-state index in [1.54, 1.807) is 0 Å². The minimum atomic E-state index is 0.166. The Morgan fingerprint density at radius 2 is 2.32 bits per heavy atom. The van der Waals surface area contributed by atoms with E-state index >= 15 is 0 Å². The summed E-state index contributed by atoms with van der Waals surface area (Å²) in [4.78, 5) is 0. The molecule has 1 heterocycles. The Kier molecular flexibility index (Phi) is 3.21. The molecule has 1 aliphatic rings. The highest BCUT2D eigenvalue weighted by atomic mass is 16.6. The number of aryl methyl sites for hydroxylation is 2. The maximum Gasteiger partial charge on any atom is 0.145 e. The molecule has 0 amide bonds. The predicted octanol–water partition coefficient (Wildman–Crippen LogP) is 2.29. The summed E-state index contributed by atoms with van der Waals surface area (Å²) in [6.07, 6.45) is 3.28. The lowest BCUT2D eigenvalue weighted by Gasteiger charge is -2.22. The summed E-state index contributed by atoms with van der Waals surface area (Å²) < 4.78 is 10.4. The van der Waals surface area contributed by atoms with E-state index in [9.17, 15) is 0 Å². The molecule has 19 heavy (non-hydrogen) atoms. The monoisotopic (exact) mass is 259 g/mol. The molecular weight excluding hydrogens is 242 g/mol. The van der Waals surface area contributed by atoms with Crippen LogP contribution in [-0.4, -0.2) is 10.3 Å². The number of nitrogens with zero attached hydrogens (tertiary/aromatic N) is 2. The van der Waals surface area contributed by atoms with Crippen LogP contribution in [0.15, 0.2) is 22.8 Å². The lowest BCUT2D eigenvalue weighted by Crippen LogP contribution is -2.17. The fourth-order valence-electron chi connectivity index (χ4n) is 2.45. The molecule has 1 atom stereocenters. The van der Waals surface area contributed by atoms with Gasteiger partial charge in [-0.15, -0.1) is 0 Å². The van der Waals surface area contributed by atoms with Crippen molar-refractivity contribution in [2.75, 3.05) is 0 Å². The summed E-state index contributed by atoms with van der Waals surface area (Å²) in [6, 6.07) is 6.28. The lowest BCUT2D eigenvalue weighted by atomic mass is 9.88. The van der Waals surface area contributed by atoms with Crippen LogP contribution >= 0.6 is 0 Å². The molecule has 0 bridgehead atoms. The smallest absolute Gasteiger partial charge is 0.145 e. The molecule has 0 radical (unpaired) electrons. The quantitative estimate of drug-likeness (QED) is 0.915. The molecule has 100 valence electrons. The van der Waals surface area contributed by atoms with Gasteiger partial charge in [-0.2, -0.15) is 0 Å². The van der Waals surface area contributed by atoms with Crippen molar-refractivity contribution in [3.8, 4) is 5.75 Å². The number of aromatic nitrogens is 2. The molecule has 2 N–H and O–H groups in total. The number of ether oxygens (including phenoxy) is 1. The maximum absolute atomic E-state index is 6.10. The molecule has 3 rings (SSSR count). The minimum absolute atomic E-state index is 0.166. The van der Waals surface area contributed by atoms with Gasteiger partial charge < -0.3 is 10.5 Å². The van der Waals surface area contributed by atoms with Crippen molar-refractivity contribution in [2.45, 2.75) is 38.8 Å². The van der Waals surface area contributed by atoms with Gasteiger partial charge in [-0.3, -0.25) is 0 Å². The Labute approximate surface area is 111 Å². The number of hydrogen-bond acceptors (Lipinski definition) is 5. The molecule has 5 nitrogen and oxygen atoms in total. The SMILES string of the molecule is Cc1nonc1COc1ccc2c(c1)CCCC2N. The van der Waals surface area contributed by atoms with Crippen LogP contribution in [0.5, 0.6) is 5.75 Å². The van der Waals surface area contributed by atoms with Gasteiger partial charge in [0, 0.05) is 6.04 Å². The van der Waals surface area contributed by atoms with Crippen molar-refractivity contribution in [3.63, 3.8) is 0 Å². The first-order valence-electron chi connectivity index (χ1n) is 6.53. The van der Waals surface area contributed by atoms with Gasteiger partial charge in [0.2, 0.25) is 0 Å². The second-order valence-corrected chi connectivity index (χ2v) is 4.94. The van der Waals surface area contributed by atoms with Crippen LogP contribution in [-0.2, 0) is 13.0 Å². The lowest BCUT2D eigenvalue weighted by molar-refractivity contribution is 0.269. The topological polar surface area (TPSA) is 74.2 Å². The van der Waals surface area contributed by atoms with Gasteiger partial charge in [0.05, 0.1) is 0 Å². The van der Waals surface area contributed by atoms with E-state index in [4.69, 9.17) is 10.5 Å². The van der Waals surface area contributed by atoms with Crippen molar-refractivity contribution in [3.05, 3.63) is 40.7 Å². The standard InChI is InChI=1S/C14H17N3O2/c1-9-14(17-19-16-9)8-18-11-5-6-12-10(7-11)3-2-4-13(12)15/h5-7,13H,2-4,8,15H2,1H3. The van der Waals surface area contributed by atoms with E-state index < -0.39 is 0 Å². The van der Waals surface area contributed by atoms with E-state index in [2.05, 4.69) is 27.1 Å². The van der Waals surface area contributed by atoms with E-state index in [0.29, 0.717) is 6.61 Å². The Bertz CT molecular complexity index is 580. The van der Waals surface area contributed by atoms with Crippen LogP contribution in [0.2, 0.25) is 0 Å². The van der Waals surface area contributed by atoms with E-state index in [-0.39, 0.29) is 6.04 Å². The molecule has 1 aliphatic carbocycles. The Hall–Kier alpha value is -1.88. The molecule has 0 saturated heterocycles. The van der Waals surface area contributed by atoms with Crippen LogP contribution in [0.4, 0.5) is 0 Å². The predicted molar refractivity (Wildman–Crippen MR) is 69.7 cm³/mol. The second-order valence-electron chi connectivity index (χ2n) is 4.94. The Balaban J connectivity index is 1.74. The number of fused-ring (bicyclic) bond motifs is 1. The summed E-state index contributed by atoms with van der Waals surface area (Å²) in [7, 11) is 0. The van der Waals surface area contributed by atoms with Crippen LogP contribution in [0.25, 0.3) is 0 Å². The van der Waals surface area contributed by atoms with Gasteiger partial charge in [0.1, 0.15) is 23.7 Å². The third-order valence-electron chi connectivity index (χ3n) is 3.60. The van der Waals surface area contributed by atoms with Crippen molar-refractivity contribution in [1.29, 1.82) is 0 Å². The first kappa shape index (κ1) is 12.2. The van der Waals surface area contributed by atoms with Gasteiger partial charge in [-0.1, -0.05) is 16.4 Å². The van der Waals surface area contributed by atoms with Crippen molar-refractivity contribution in [2.24, 2.45) is 5.73 Å². The fourth-order valence-corrected chi connectivity index (χ4v) is 2.45. The summed E-state index contributed by atoms with van der Waals surface area (Å²) in [5, 5.41) is 7.53. The number of hydrogen-bond donors (Lipinski definition) is 1. The third kappa shape index (κ3) is 2.46. The van der Waals surface area contributed by atoms with Crippen LogP contribution < -0.4 is 10.5 Å². The van der Waals surface area contributed by atoms with Crippen molar-refractivity contribution < 1.29 is 9.37 Å². The third-order valence-corrected chi connectivity index (χ3v) is 3.60. The van der Waals surface area contributed by atoms with Gasteiger partial charge in [-0.25, -0.2) is 4.63 Å². The highest BCUT2D eigenvalue weighted by Crippen LogP contribution is 2.30. The number of rotatable bonds is 3. The van der Waals surface area contributed by atoms with Gasteiger partial charge >= 0.3 is 0 Å². The zero-order valence-corrected chi connectivity index (χ0v) is 10.9. The van der Waals surface area contributed by atoms with Gasteiger partial charge in [-0.05, 0) is 49.4 Å². The highest BCUT2D eigenvalue weighted by molar-refractivity contribution is 5.39. The summed E-state index contributed by atoms with van der Waals surface area (Å²) in [5.41, 5.74) is 10.1. The van der Waals surface area contributed by atoms with E-state index in [0.717, 1.165) is 36.4 Å². The zero-order chi connectivity index (χ0) is 13.2. The maximum atomic E-state index is 6.10. The molecule has 2 aromatic rings. The minimum Gasteiger partial charge on any atom is -0.487 e.